The first kappa shape index (κ1) is 18.3. The van der Waals surface area contributed by atoms with Crippen molar-refractivity contribution in [1.29, 1.82) is 0 Å². The second-order valence-electron chi connectivity index (χ2n) is 5.61. The van der Waals surface area contributed by atoms with Gasteiger partial charge in [0.1, 0.15) is 0 Å². The van der Waals surface area contributed by atoms with Crippen molar-refractivity contribution in [2.45, 2.75) is 40.2 Å². The van der Waals surface area contributed by atoms with Crippen molar-refractivity contribution in [1.82, 2.24) is 9.88 Å². The van der Waals surface area contributed by atoms with Crippen LogP contribution in [0.1, 0.15) is 46.4 Å². The van der Waals surface area contributed by atoms with Crippen LogP contribution in [0, 0.1) is 13.8 Å². The Balaban J connectivity index is 1.91. The van der Waals surface area contributed by atoms with Crippen LogP contribution < -0.4 is 5.32 Å². The van der Waals surface area contributed by atoms with Crippen LogP contribution in [-0.4, -0.2) is 29.6 Å². The molecule has 0 atom stereocenters. The van der Waals surface area contributed by atoms with Crippen LogP contribution in [0.4, 0.5) is 0 Å². The quantitative estimate of drug-likeness (QED) is 0.588. The third-order valence-electron chi connectivity index (χ3n) is 3.86. The maximum atomic E-state index is 12.4. The van der Waals surface area contributed by atoms with Crippen LogP contribution in [0.15, 0.2) is 23.6 Å². The van der Waals surface area contributed by atoms with Gasteiger partial charge in [-0.05, 0) is 44.7 Å². The van der Waals surface area contributed by atoms with Gasteiger partial charge < -0.3 is 14.6 Å². The molecule has 0 aliphatic heterocycles. The van der Waals surface area contributed by atoms with Gasteiger partial charge in [-0.25, -0.2) is 0 Å². The Morgan fingerprint density at radius 1 is 1.33 bits per heavy atom. The van der Waals surface area contributed by atoms with Gasteiger partial charge in [-0.15, -0.1) is 11.3 Å². The maximum Gasteiger partial charge on any atom is 0.305 e. The Hall–Kier alpha value is -2.08. The number of thiophene rings is 1. The Bertz CT molecular complexity index is 689. The summed E-state index contributed by atoms with van der Waals surface area (Å²) in [4.78, 5) is 24.9. The molecular weight excluding hydrogens is 324 g/mol. The number of esters is 1. The van der Waals surface area contributed by atoms with E-state index in [0.717, 1.165) is 17.9 Å². The lowest BCUT2D eigenvalue weighted by molar-refractivity contribution is -0.143. The Labute approximate surface area is 146 Å². The van der Waals surface area contributed by atoms with Crippen LogP contribution in [0.3, 0.4) is 0 Å². The van der Waals surface area contributed by atoms with Gasteiger partial charge in [-0.3, -0.25) is 9.59 Å². The van der Waals surface area contributed by atoms with Crippen molar-refractivity contribution >= 4 is 23.2 Å². The Morgan fingerprint density at radius 3 is 2.79 bits per heavy atom. The first-order valence-electron chi connectivity index (χ1n) is 8.15. The number of nitrogens with zero attached hydrogens (tertiary/aromatic N) is 1. The van der Waals surface area contributed by atoms with Crippen LogP contribution in [-0.2, 0) is 16.1 Å². The van der Waals surface area contributed by atoms with E-state index in [1.165, 1.54) is 4.88 Å². The molecule has 0 saturated carbocycles. The van der Waals surface area contributed by atoms with Gasteiger partial charge in [-0.2, -0.15) is 0 Å². The predicted octanol–water partition coefficient (Wildman–Crippen LogP) is 3.29. The molecular formula is C18H24N2O3S. The van der Waals surface area contributed by atoms with Crippen molar-refractivity contribution in [2.24, 2.45) is 0 Å². The Kier molecular flexibility index (Phi) is 6.61. The molecule has 0 aliphatic carbocycles. The number of ether oxygens (including phenoxy) is 1. The lowest BCUT2D eigenvalue weighted by atomic mass is 10.2. The van der Waals surface area contributed by atoms with E-state index in [2.05, 4.69) is 21.3 Å². The molecule has 6 heteroatoms. The summed E-state index contributed by atoms with van der Waals surface area (Å²) in [6.07, 6.45) is 0.907. The van der Waals surface area contributed by atoms with E-state index >= 15 is 0 Å². The maximum absolute atomic E-state index is 12.4. The molecule has 0 radical (unpaired) electrons. The first-order valence-corrected chi connectivity index (χ1v) is 9.03. The molecule has 2 rings (SSSR count). The summed E-state index contributed by atoms with van der Waals surface area (Å²) < 4.78 is 7.02. The van der Waals surface area contributed by atoms with Crippen molar-refractivity contribution in [3.63, 3.8) is 0 Å². The van der Waals surface area contributed by atoms with Gasteiger partial charge in [0, 0.05) is 29.2 Å². The number of rotatable bonds is 8. The van der Waals surface area contributed by atoms with Gasteiger partial charge >= 0.3 is 5.97 Å². The fourth-order valence-electron chi connectivity index (χ4n) is 2.60. The van der Waals surface area contributed by atoms with E-state index in [1.807, 2.05) is 26.0 Å². The summed E-state index contributed by atoms with van der Waals surface area (Å²) >= 11 is 1.71. The smallest absolute Gasteiger partial charge is 0.305 e. The number of carbonyl (C=O) groups is 2. The average Bonchev–Trinajstić information content (AvgIpc) is 3.15. The third kappa shape index (κ3) is 4.71. The second kappa shape index (κ2) is 8.68. The largest absolute Gasteiger partial charge is 0.466 e. The molecule has 0 unspecified atom stereocenters. The fourth-order valence-corrected chi connectivity index (χ4v) is 3.29. The van der Waals surface area contributed by atoms with Crippen molar-refractivity contribution in [2.75, 3.05) is 13.2 Å². The molecule has 0 aliphatic rings. The Morgan fingerprint density at radius 2 is 2.12 bits per heavy atom. The zero-order chi connectivity index (χ0) is 17.5. The molecule has 1 N–H and O–H groups in total. The van der Waals surface area contributed by atoms with Gasteiger partial charge in [0.2, 0.25) is 0 Å². The van der Waals surface area contributed by atoms with E-state index in [4.69, 9.17) is 4.74 Å². The molecule has 5 nitrogen and oxygen atoms in total. The summed E-state index contributed by atoms with van der Waals surface area (Å²) in [5.41, 5.74) is 2.72. The molecule has 2 heterocycles. The van der Waals surface area contributed by atoms with E-state index in [9.17, 15) is 9.59 Å². The number of hydrogen-bond donors (Lipinski definition) is 1. The fraction of sp³-hybridized carbons (Fsp3) is 0.444. The van der Waals surface area contributed by atoms with Crippen molar-refractivity contribution in [3.05, 3.63) is 45.4 Å². The lowest BCUT2D eigenvalue weighted by Gasteiger charge is -2.09. The van der Waals surface area contributed by atoms with Gasteiger partial charge in [0.05, 0.1) is 18.7 Å². The van der Waals surface area contributed by atoms with Crippen molar-refractivity contribution < 1.29 is 14.3 Å². The van der Waals surface area contributed by atoms with Gasteiger partial charge in [0.25, 0.3) is 5.91 Å². The summed E-state index contributed by atoms with van der Waals surface area (Å²) in [5.74, 6) is -0.315. The highest BCUT2D eigenvalue weighted by atomic mass is 32.1. The molecule has 2 aromatic rings. The molecule has 2 aromatic heterocycles. The topological polar surface area (TPSA) is 60.3 Å². The van der Waals surface area contributed by atoms with E-state index < -0.39 is 0 Å². The number of nitrogens with one attached hydrogen (secondary N) is 1. The summed E-state index contributed by atoms with van der Waals surface area (Å²) in [6, 6.07) is 6.05. The summed E-state index contributed by atoms with van der Waals surface area (Å²) in [6.45, 7) is 7.40. The molecule has 0 aromatic carbocycles. The summed E-state index contributed by atoms with van der Waals surface area (Å²) in [7, 11) is 0. The number of aromatic nitrogens is 1. The molecule has 0 spiro atoms. The number of hydrogen-bond acceptors (Lipinski definition) is 4. The summed E-state index contributed by atoms with van der Waals surface area (Å²) in [5, 5.41) is 4.94. The molecule has 24 heavy (non-hydrogen) atoms. The average molecular weight is 348 g/mol. The zero-order valence-electron chi connectivity index (χ0n) is 14.4. The minimum absolute atomic E-state index is 0.0932. The van der Waals surface area contributed by atoms with Crippen molar-refractivity contribution in [3.8, 4) is 0 Å². The standard InChI is InChI=1S/C18H24N2O3S/c1-4-23-17(21)8-5-9-19-18(22)16-11-13(2)20(14(16)3)12-15-7-6-10-24-15/h6-7,10-11H,4-5,8-9,12H2,1-3H3,(H,19,22). The predicted molar refractivity (Wildman–Crippen MR) is 95.5 cm³/mol. The highest BCUT2D eigenvalue weighted by Gasteiger charge is 2.15. The van der Waals surface area contributed by atoms with E-state index in [0.29, 0.717) is 31.6 Å². The molecule has 130 valence electrons. The van der Waals surface area contributed by atoms with Crippen LogP contribution in [0.5, 0.6) is 0 Å². The molecule has 0 bridgehead atoms. The van der Waals surface area contributed by atoms with E-state index in [1.54, 1.807) is 18.3 Å². The van der Waals surface area contributed by atoms with Gasteiger partial charge in [0.15, 0.2) is 0 Å². The van der Waals surface area contributed by atoms with Crippen LogP contribution >= 0.6 is 11.3 Å². The van der Waals surface area contributed by atoms with Crippen LogP contribution in [0.2, 0.25) is 0 Å². The van der Waals surface area contributed by atoms with E-state index in [-0.39, 0.29) is 11.9 Å². The third-order valence-corrected chi connectivity index (χ3v) is 4.72. The minimum atomic E-state index is -0.221. The molecule has 0 saturated heterocycles. The first-order chi connectivity index (χ1) is 11.5. The zero-order valence-corrected chi connectivity index (χ0v) is 15.2. The SMILES string of the molecule is CCOC(=O)CCCNC(=O)c1cc(C)n(Cc2cccs2)c1C. The molecule has 1 amide bonds. The number of carbonyl (C=O) groups excluding carboxylic acids is 2. The molecule has 0 fully saturated rings. The highest BCUT2D eigenvalue weighted by molar-refractivity contribution is 7.09. The monoisotopic (exact) mass is 348 g/mol. The van der Waals surface area contributed by atoms with Gasteiger partial charge in [-0.1, -0.05) is 6.07 Å². The normalized spacial score (nSPS) is 10.6. The highest BCUT2D eigenvalue weighted by Crippen LogP contribution is 2.19. The minimum Gasteiger partial charge on any atom is -0.466 e. The second-order valence-corrected chi connectivity index (χ2v) is 6.65. The lowest BCUT2D eigenvalue weighted by Crippen LogP contribution is -2.25. The number of amides is 1. The van der Waals surface area contributed by atoms with Crippen LogP contribution in [0.25, 0.3) is 0 Å². The number of aryl methyl sites for hydroxylation is 1.